The van der Waals surface area contributed by atoms with E-state index in [9.17, 15) is 14.4 Å². The molecular formula is C24H32N6O5. The van der Waals surface area contributed by atoms with Gasteiger partial charge in [-0.15, -0.1) is 0 Å². The zero-order valence-electron chi connectivity index (χ0n) is 20.5. The van der Waals surface area contributed by atoms with E-state index in [2.05, 4.69) is 21.8 Å². The van der Waals surface area contributed by atoms with Gasteiger partial charge in [-0.1, -0.05) is 13.8 Å². The van der Waals surface area contributed by atoms with Crippen LogP contribution in [0.4, 0.5) is 5.82 Å². The van der Waals surface area contributed by atoms with Gasteiger partial charge < -0.3 is 19.6 Å². The predicted octanol–water partition coefficient (Wildman–Crippen LogP) is 2.58. The molecule has 1 aliphatic heterocycles. The van der Waals surface area contributed by atoms with E-state index in [1.807, 2.05) is 19.2 Å². The van der Waals surface area contributed by atoms with Crippen LogP contribution in [0.3, 0.4) is 0 Å². The van der Waals surface area contributed by atoms with Crippen molar-refractivity contribution in [1.29, 1.82) is 5.26 Å². The van der Waals surface area contributed by atoms with Crippen molar-refractivity contribution in [3.63, 3.8) is 0 Å². The summed E-state index contributed by atoms with van der Waals surface area (Å²) in [5.74, 6) is -0.899. The number of carbonyl (C=O) groups excluding carboxylic acids is 2. The number of hydrogen-bond acceptors (Lipinski definition) is 8. The Labute approximate surface area is 204 Å². The van der Waals surface area contributed by atoms with Gasteiger partial charge in [-0.2, -0.15) is 5.26 Å². The molecule has 3 rings (SSSR count). The van der Waals surface area contributed by atoms with Crippen molar-refractivity contribution < 1.29 is 24.2 Å². The first kappa shape index (κ1) is 25.9. The second-order valence-corrected chi connectivity index (χ2v) is 9.27. The third kappa shape index (κ3) is 6.07. The van der Waals surface area contributed by atoms with E-state index in [1.165, 1.54) is 6.33 Å². The van der Waals surface area contributed by atoms with E-state index in [1.54, 1.807) is 29.5 Å². The van der Waals surface area contributed by atoms with Crippen LogP contribution in [0.1, 0.15) is 52.7 Å². The summed E-state index contributed by atoms with van der Waals surface area (Å²) in [7, 11) is 1.94. The molecule has 1 aliphatic rings. The fourth-order valence-corrected chi connectivity index (χ4v) is 4.60. The summed E-state index contributed by atoms with van der Waals surface area (Å²) in [5, 5.41) is 18.6. The van der Waals surface area contributed by atoms with Crippen LogP contribution in [0.2, 0.25) is 0 Å². The topological polar surface area (TPSA) is 142 Å². The molecule has 2 aromatic rings. The highest BCUT2D eigenvalue weighted by Crippen LogP contribution is 2.31. The van der Waals surface area contributed by atoms with Crippen LogP contribution in [0, 0.1) is 23.2 Å². The number of esters is 1. The van der Waals surface area contributed by atoms with Crippen molar-refractivity contribution in [2.24, 2.45) is 11.8 Å². The molecule has 0 bridgehead atoms. The number of carboxylic acids is 1. The van der Waals surface area contributed by atoms with Gasteiger partial charge in [0.25, 0.3) is 0 Å². The molecule has 35 heavy (non-hydrogen) atoms. The maximum atomic E-state index is 12.3. The number of amides is 1. The van der Waals surface area contributed by atoms with Gasteiger partial charge in [0, 0.05) is 39.2 Å². The SMILES string of the molecule is CC(CC(=O)O)CC(=O)OC(C)n1ccc2c(N(C)[C@H]3CN(C(=O)CC#N)CC[C@H]3C)ncnc21. The summed E-state index contributed by atoms with van der Waals surface area (Å²) in [6.45, 7) is 6.71. The number of aromatic nitrogens is 3. The molecule has 0 aliphatic carbocycles. The second-order valence-electron chi connectivity index (χ2n) is 9.27. The minimum Gasteiger partial charge on any atom is -0.481 e. The highest BCUT2D eigenvalue weighted by molar-refractivity contribution is 5.88. The number of carboxylic acid groups (broad SMARTS) is 1. The third-order valence-electron chi connectivity index (χ3n) is 6.55. The quantitative estimate of drug-likeness (QED) is 0.531. The van der Waals surface area contributed by atoms with E-state index < -0.39 is 18.2 Å². The zero-order chi connectivity index (χ0) is 25.7. The number of piperidine rings is 1. The first-order valence-corrected chi connectivity index (χ1v) is 11.7. The Morgan fingerprint density at radius 3 is 2.74 bits per heavy atom. The molecular weight excluding hydrogens is 452 g/mol. The van der Waals surface area contributed by atoms with Crippen molar-refractivity contribution in [2.45, 2.75) is 58.7 Å². The molecule has 1 amide bonds. The van der Waals surface area contributed by atoms with Crippen LogP contribution in [-0.4, -0.2) is 68.6 Å². The fourth-order valence-electron chi connectivity index (χ4n) is 4.60. The van der Waals surface area contributed by atoms with Crippen molar-refractivity contribution >= 4 is 34.7 Å². The summed E-state index contributed by atoms with van der Waals surface area (Å²) in [6.07, 6.45) is 3.21. The summed E-state index contributed by atoms with van der Waals surface area (Å²) in [6, 6.07) is 3.81. The van der Waals surface area contributed by atoms with E-state index in [0.717, 1.165) is 11.8 Å². The number of aliphatic carboxylic acids is 1. The highest BCUT2D eigenvalue weighted by Gasteiger charge is 2.33. The van der Waals surface area contributed by atoms with E-state index in [4.69, 9.17) is 15.1 Å². The molecule has 4 atom stereocenters. The number of carbonyl (C=O) groups is 3. The van der Waals surface area contributed by atoms with Crippen molar-refractivity contribution in [3.05, 3.63) is 18.6 Å². The van der Waals surface area contributed by atoms with Crippen molar-refractivity contribution in [3.8, 4) is 6.07 Å². The van der Waals surface area contributed by atoms with Crippen molar-refractivity contribution in [1.82, 2.24) is 19.4 Å². The lowest BCUT2D eigenvalue weighted by Crippen LogP contribution is -2.52. The Hall–Kier alpha value is -3.68. The number of ether oxygens (including phenoxy) is 1. The van der Waals surface area contributed by atoms with Crippen LogP contribution in [0.15, 0.2) is 18.6 Å². The van der Waals surface area contributed by atoms with Crippen LogP contribution in [0.25, 0.3) is 11.0 Å². The zero-order valence-corrected chi connectivity index (χ0v) is 20.5. The summed E-state index contributed by atoms with van der Waals surface area (Å²) in [4.78, 5) is 48.1. The fraction of sp³-hybridized carbons (Fsp3) is 0.583. The van der Waals surface area contributed by atoms with Crippen molar-refractivity contribution in [2.75, 3.05) is 25.0 Å². The molecule has 0 spiro atoms. The Morgan fingerprint density at radius 1 is 1.31 bits per heavy atom. The number of anilines is 1. The predicted molar refractivity (Wildman–Crippen MR) is 127 cm³/mol. The van der Waals surface area contributed by atoms with E-state index in [-0.39, 0.29) is 37.1 Å². The number of rotatable bonds is 9. The maximum absolute atomic E-state index is 12.3. The molecule has 0 aromatic carbocycles. The smallest absolute Gasteiger partial charge is 0.307 e. The van der Waals surface area contributed by atoms with E-state index in [0.29, 0.717) is 30.5 Å². The van der Waals surface area contributed by atoms with Gasteiger partial charge in [0.05, 0.1) is 17.5 Å². The summed E-state index contributed by atoms with van der Waals surface area (Å²) < 4.78 is 7.28. The standard InChI is InChI=1S/C24H32N6O5/c1-15(11-21(32)33)12-22(34)35-17(3)30-10-7-18-23(26-14-27-24(18)30)28(4)19-13-29(9-6-16(19)2)20(31)5-8-25/h7,10,14-17,19H,5-6,9,11-13H2,1-4H3,(H,32,33)/t15?,16-,17?,19+/m1/s1. The number of hydrogen-bond donors (Lipinski definition) is 1. The number of nitriles is 1. The first-order chi connectivity index (χ1) is 16.6. The van der Waals surface area contributed by atoms with Crippen LogP contribution < -0.4 is 4.90 Å². The lowest BCUT2D eigenvalue weighted by atomic mass is 9.92. The first-order valence-electron chi connectivity index (χ1n) is 11.7. The van der Waals surface area contributed by atoms with Gasteiger partial charge in [0.2, 0.25) is 5.91 Å². The number of likely N-dealkylation sites (tertiary alicyclic amines) is 1. The van der Waals surface area contributed by atoms with Gasteiger partial charge in [-0.25, -0.2) is 9.97 Å². The molecule has 0 radical (unpaired) electrons. The molecule has 11 heteroatoms. The average molecular weight is 485 g/mol. The maximum Gasteiger partial charge on any atom is 0.307 e. The molecule has 0 saturated carbocycles. The molecule has 1 fully saturated rings. The molecule has 11 nitrogen and oxygen atoms in total. The Bertz CT molecular complexity index is 1130. The monoisotopic (exact) mass is 484 g/mol. The van der Waals surface area contributed by atoms with Crippen LogP contribution in [-0.2, 0) is 19.1 Å². The third-order valence-corrected chi connectivity index (χ3v) is 6.55. The minimum atomic E-state index is -0.951. The van der Waals surface area contributed by atoms with Gasteiger partial charge in [-0.05, 0) is 31.2 Å². The Balaban J connectivity index is 1.77. The lowest BCUT2D eigenvalue weighted by Gasteiger charge is -2.42. The number of fused-ring (bicyclic) bond motifs is 1. The Morgan fingerprint density at radius 2 is 2.06 bits per heavy atom. The van der Waals surface area contributed by atoms with Crippen LogP contribution in [0.5, 0.6) is 0 Å². The molecule has 1 N–H and O–H groups in total. The lowest BCUT2D eigenvalue weighted by molar-refractivity contribution is -0.153. The highest BCUT2D eigenvalue weighted by atomic mass is 16.6. The minimum absolute atomic E-state index is 0.0128. The molecule has 3 heterocycles. The van der Waals surface area contributed by atoms with Gasteiger partial charge in [0.15, 0.2) is 6.23 Å². The number of nitrogens with zero attached hydrogens (tertiary/aromatic N) is 6. The van der Waals surface area contributed by atoms with Gasteiger partial charge >= 0.3 is 11.9 Å². The largest absolute Gasteiger partial charge is 0.481 e. The van der Waals surface area contributed by atoms with Gasteiger partial charge in [-0.3, -0.25) is 19.0 Å². The summed E-state index contributed by atoms with van der Waals surface area (Å²) in [5.41, 5.74) is 0.599. The molecule has 2 aromatic heterocycles. The normalized spacial score (nSPS) is 19.6. The molecule has 188 valence electrons. The Kier molecular flexibility index (Phi) is 8.27. The van der Waals surface area contributed by atoms with Gasteiger partial charge in [0.1, 0.15) is 24.2 Å². The molecule has 1 saturated heterocycles. The average Bonchev–Trinajstić information content (AvgIpc) is 3.22. The van der Waals surface area contributed by atoms with Crippen LogP contribution >= 0.6 is 0 Å². The summed E-state index contributed by atoms with van der Waals surface area (Å²) >= 11 is 0. The number of likely N-dealkylation sites (N-methyl/N-ethyl adjacent to an activating group) is 1. The second kappa shape index (κ2) is 11.2. The molecule has 2 unspecified atom stereocenters. The van der Waals surface area contributed by atoms with E-state index >= 15 is 0 Å².